The Balaban J connectivity index is 1.91. The van der Waals surface area contributed by atoms with Gasteiger partial charge >= 0.3 is 0 Å². The van der Waals surface area contributed by atoms with Crippen LogP contribution in [0, 0.1) is 11.3 Å². The molecule has 2 saturated heterocycles. The minimum Gasteiger partial charge on any atom is -0.297 e. The summed E-state index contributed by atoms with van der Waals surface area (Å²) in [5.74, 6) is 0.870. The average Bonchev–Trinajstić information content (AvgIpc) is 2.50. The molecule has 0 N–H and O–H groups in total. The van der Waals surface area contributed by atoms with Crippen molar-refractivity contribution in [2.45, 2.75) is 51.5 Å². The van der Waals surface area contributed by atoms with Gasteiger partial charge in [-0.2, -0.15) is 0 Å². The molecule has 0 radical (unpaired) electrons. The molecule has 3 rings (SSSR count). The van der Waals surface area contributed by atoms with Crippen LogP contribution in [0.2, 0.25) is 0 Å². The van der Waals surface area contributed by atoms with Gasteiger partial charge in [-0.25, -0.2) is 0 Å². The molecule has 1 heteroatoms. The van der Waals surface area contributed by atoms with Crippen LogP contribution in [0.15, 0.2) is 0 Å². The lowest BCUT2D eigenvalue weighted by atomic mass is 9.80. The van der Waals surface area contributed by atoms with Gasteiger partial charge in [-0.3, -0.25) is 4.90 Å². The van der Waals surface area contributed by atoms with Gasteiger partial charge in [0.05, 0.1) is 0 Å². The predicted octanol–water partition coefficient (Wildman–Crippen LogP) is 2.66. The monoisotopic (exact) mass is 179 g/mol. The smallest absolute Gasteiger partial charge is 0.0238 e. The topological polar surface area (TPSA) is 3.24 Å². The van der Waals surface area contributed by atoms with E-state index < -0.39 is 0 Å². The van der Waals surface area contributed by atoms with Gasteiger partial charge in [-0.15, -0.1) is 0 Å². The van der Waals surface area contributed by atoms with Gasteiger partial charge in [0.1, 0.15) is 0 Å². The summed E-state index contributed by atoms with van der Waals surface area (Å²) in [4.78, 5) is 2.82. The Morgan fingerprint density at radius 2 is 1.92 bits per heavy atom. The van der Waals surface area contributed by atoms with E-state index in [-0.39, 0.29) is 0 Å². The molecular weight excluding hydrogens is 158 g/mol. The minimum absolute atomic E-state index is 0.635. The lowest BCUT2D eigenvalue weighted by molar-refractivity contribution is 0.136. The molecule has 0 bridgehead atoms. The minimum atomic E-state index is 0.635. The lowest BCUT2D eigenvalue weighted by Crippen LogP contribution is -2.42. The number of rotatable bonds is 1. The van der Waals surface area contributed by atoms with Gasteiger partial charge in [-0.05, 0) is 50.0 Å². The van der Waals surface area contributed by atoms with Gasteiger partial charge in [0.15, 0.2) is 0 Å². The molecule has 2 aliphatic heterocycles. The van der Waals surface area contributed by atoms with Crippen molar-refractivity contribution in [3.05, 3.63) is 0 Å². The van der Waals surface area contributed by atoms with Crippen LogP contribution in [-0.2, 0) is 0 Å². The summed E-state index contributed by atoms with van der Waals surface area (Å²) in [6.45, 7) is 7.69. The summed E-state index contributed by atoms with van der Waals surface area (Å²) < 4.78 is 0. The first-order chi connectivity index (χ1) is 6.17. The largest absolute Gasteiger partial charge is 0.297 e. The fourth-order valence-corrected chi connectivity index (χ4v) is 3.87. The van der Waals surface area contributed by atoms with Crippen molar-refractivity contribution < 1.29 is 0 Å². The molecule has 74 valence electrons. The summed E-state index contributed by atoms with van der Waals surface area (Å²) in [5.41, 5.74) is 1.45. The van der Waals surface area contributed by atoms with Crippen molar-refractivity contribution in [1.82, 2.24) is 4.90 Å². The summed E-state index contributed by atoms with van der Waals surface area (Å²) in [7, 11) is 0. The van der Waals surface area contributed by atoms with E-state index >= 15 is 0 Å². The summed E-state index contributed by atoms with van der Waals surface area (Å²) >= 11 is 0. The van der Waals surface area contributed by atoms with E-state index in [1.54, 1.807) is 0 Å². The van der Waals surface area contributed by atoms with Crippen LogP contribution < -0.4 is 0 Å². The standard InChI is InChI=1S/C12H21N/c1-10(2)12-4-3-7-13(12)9-11(8-12)5-6-11/h10H,3-9H2,1-2H3. The van der Waals surface area contributed by atoms with Crippen LogP contribution in [0.25, 0.3) is 0 Å². The molecule has 1 atom stereocenters. The van der Waals surface area contributed by atoms with Crippen LogP contribution in [0.4, 0.5) is 0 Å². The fraction of sp³-hybridized carbons (Fsp3) is 1.00. The Morgan fingerprint density at radius 1 is 1.15 bits per heavy atom. The van der Waals surface area contributed by atoms with Gasteiger partial charge in [0, 0.05) is 12.1 Å². The van der Waals surface area contributed by atoms with Gasteiger partial charge < -0.3 is 0 Å². The molecule has 1 saturated carbocycles. The maximum atomic E-state index is 2.82. The molecule has 1 unspecified atom stereocenters. The number of hydrogen-bond donors (Lipinski definition) is 0. The van der Waals surface area contributed by atoms with Gasteiger partial charge in [-0.1, -0.05) is 13.8 Å². The molecule has 0 aromatic heterocycles. The van der Waals surface area contributed by atoms with Crippen LogP contribution in [0.1, 0.15) is 46.0 Å². The zero-order chi connectivity index (χ0) is 9.10. The highest BCUT2D eigenvalue weighted by molar-refractivity contribution is 5.14. The SMILES string of the molecule is CC(C)C12CCCN1CC1(CC1)C2. The molecule has 1 spiro atoms. The molecule has 0 aromatic carbocycles. The van der Waals surface area contributed by atoms with E-state index in [1.165, 1.54) is 45.2 Å². The second-order valence-electron chi connectivity index (χ2n) is 5.96. The van der Waals surface area contributed by atoms with Crippen molar-refractivity contribution in [1.29, 1.82) is 0 Å². The molecular formula is C12H21N. The third kappa shape index (κ3) is 0.971. The van der Waals surface area contributed by atoms with Crippen LogP contribution in [0.3, 0.4) is 0 Å². The zero-order valence-corrected chi connectivity index (χ0v) is 8.97. The fourth-order valence-electron chi connectivity index (χ4n) is 3.87. The zero-order valence-electron chi connectivity index (χ0n) is 8.97. The van der Waals surface area contributed by atoms with E-state index in [0.717, 1.165) is 11.3 Å². The Morgan fingerprint density at radius 3 is 2.46 bits per heavy atom. The molecule has 1 nitrogen and oxygen atoms in total. The summed E-state index contributed by atoms with van der Waals surface area (Å²) in [6.07, 6.45) is 7.51. The second kappa shape index (κ2) is 2.31. The summed E-state index contributed by atoms with van der Waals surface area (Å²) in [5, 5.41) is 0. The summed E-state index contributed by atoms with van der Waals surface area (Å²) in [6, 6.07) is 0. The van der Waals surface area contributed by atoms with Gasteiger partial charge in [0.25, 0.3) is 0 Å². The number of nitrogens with zero attached hydrogens (tertiary/aromatic N) is 1. The van der Waals surface area contributed by atoms with Crippen molar-refractivity contribution in [2.24, 2.45) is 11.3 Å². The molecule has 3 aliphatic rings. The first-order valence-electron chi connectivity index (χ1n) is 5.92. The predicted molar refractivity (Wildman–Crippen MR) is 54.7 cm³/mol. The molecule has 1 aliphatic carbocycles. The number of fused-ring (bicyclic) bond motifs is 1. The van der Waals surface area contributed by atoms with Crippen LogP contribution >= 0.6 is 0 Å². The maximum absolute atomic E-state index is 2.82. The van der Waals surface area contributed by atoms with Crippen molar-refractivity contribution >= 4 is 0 Å². The Bertz CT molecular complexity index is 229. The number of hydrogen-bond acceptors (Lipinski definition) is 1. The Labute approximate surface area is 81.5 Å². The molecule has 3 fully saturated rings. The Kier molecular flexibility index (Phi) is 1.47. The average molecular weight is 179 g/mol. The highest BCUT2D eigenvalue weighted by atomic mass is 15.3. The molecule has 2 heterocycles. The molecule has 0 aromatic rings. The first-order valence-corrected chi connectivity index (χ1v) is 5.92. The highest BCUT2D eigenvalue weighted by Crippen LogP contribution is 2.62. The van der Waals surface area contributed by atoms with E-state index in [1.807, 2.05) is 0 Å². The highest BCUT2D eigenvalue weighted by Gasteiger charge is 2.60. The third-order valence-electron chi connectivity index (χ3n) is 4.91. The van der Waals surface area contributed by atoms with E-state index in [4.69, 9.17) is 0 Å². The van der Waals surface area contributed by atoms with Crippen LogP contribution in [-0.4, -0.2) is 23.5 Å². The quantitative estimate of drug-likeness (QED) is 0.598. The Hall–Kier alpha value is -0.0400. The van der Waals surface area contributed by atoms with Crippen molar-refractivity contribution in [3.63, 3.8) is 0 Å². The van der Waals surface area contributed by atoms with Crippen molar-refractivity contribution in [2.75, 3.05) is 13.1 Å². The normalized spacial score (nSPS) is 41.8. The van der Waals surface area contributed by atoms with E-state index in [0.29, 0.717) is 5.54 Å². The van der Waals surface area contributed by atoms with E-state index in [9.17, 15) is 0 Å². The first kappa shape index (κ1) is 8.28. The maximum Gasteiger partial charge on any atom is 0.0238 e. The van der Waals surface area contributed by atoms with Crippen molar-refractivity contribution in [3.8, 4) is 0 Å². The van der Waals surface area contributed by atoms with Gasteiger partial charge in [0.2, 0.25) is 0 Å². The van der Waals surface area contributed by atoms with E-state index in [2.05, 4.69) is 18.7 Å². The van der Waals surface area contributed by atoms with Crippen LogP contribution in [0.5, 0.6) is 0 Å². The lowest BCUT2D eigenvalue weighted by Gasteiger charge is -2.36. The molecule has 13 heavy (non-hydrogen) atoms. The third-order valence-corrected chi connectivity index (χ3v) is 4.91. The molecule has 0 amide bonds. The second-order valence-corrected chi connectivity index (χ2v) is 5.96.